The Bertz CT molecular complexity index is 556. The van der Waals surface area contributed by atoms with Gasteiger partial charge in [-0.05, 0) is 12.5 Å². The van der Waals surface area contributed by atoms with Crippen LogP contribution >= 0.6 is 0 Å². The van der Waals surface area contributed by atoms with Gasteiger partial charge in [-0.1, -0.05) is 12.1 Å². The van der Waals surface area contributed by atoms with Crippen LogP contribution in [-0.4, -0.2) is 44.0 Å². The minimum Gasteiger partial charge on any atom is -0.493 e. The summed E-state index contributed by atoms with van der Waals surface area (Å²) in [6.45, 7) is 1.92. The third-order valence-electron chi connectivity index (χ3n) is 4.53. The summed E-state index contributed by atoms with van der Waals surface area (Å²) in [7, 11) is 1.62. The number of hydrogen-bond donors (Lipinski definition) is 2. The first-order chi connectivity index (χ1) is 11.2. The molecular formula is C17H23NO5. The lowest BCUT2D eigenvalue weighted by atomic mass is 9.99. The maximum absolute atomic E-state index is 11.2. The van der Waals surface area contributed by atoms with E-state index >= 15 is 0 Å². The Balaban J connectivity index is 1.78. The molecule has 0 radical (unpaired) electrons. The lowest BCUT2D eigenvalue weighted by Crippen LogP contribution is -2.26. The van der Waals surface area contributed by atoms with Crippen molar-refractivity contribution in [3.63, 3.8) is 0 Å². The van der Waals surface area contributed by atoms with Crippen LogP contribution in [-0.2, 0) is 9.53 Å². The van der Waals surface area contributed by atoms with Gasteiger partial charge in [0, 0.05) is 31.0 Å². The molecule has 2 aliphatic heterocycles. The molecule has 6 nitrogen and oxygen atoms in total. The van der Waals surface area contributed by atoms with Gasteiger partial charge in [0.15, 0.2) is 11.5 Å². The summed E-state index contributed by atoms with van der Waals surface area (Å²) in [4.78, 5) is 11.2. The van der Waals surface area contributed by atoms with Crippen molar-refractivity contribution in [2.75, 3.05) is 26.9 Å². The molecule has 1 aromatic rings. The summed E-state index contributed by atoms with van der Waals surface area (Å²) in [6, 6.07) is 5.78. The quantitative estimate of drug-likeness (QED) is 0.864. The second-order valence-electron chi connectivity index (χ2n) is 6.04. The third-order valence-corrected chi connectivity index (χ3v) is 4.53. The summed E-state index contributed by atoms with van der Waals surface area (Å²) < 4.78 is 17.0. The Morgan fingerprint density at radius 3 is 2.78 bits per heavy atom. The molecule has 2 N–H and O–H groups in total. The van der Waals surface area contributed by atoms with Crippen LogP contribution in [0.2, 0.25) is 0 Å². The normalized spacial score (nSPS) is 25.3. The molecule has 126 valence electrons. The minimum atomic E-state index is -0.756. The van der Waals surface area contributed by atoms with Crippen molar-refractivity contribution < 1.29 is 24.1 Å². The van der Waals surface area contributed by atoms with E-state index in [4.69, 9.17) is 19.3 Å². The summed E-state index contributed by atoms with van der Waals surface area (Å²) >= 11 is 0. The van der Waals surface area contributed by atoms with Gasteiger partial charge < -0.3 is 24.6 Å². The first-order valence-electron chi connectivity index (χ1n) is 8.06. The second-order valence-corrected chi connectivity index (χ2v) is 6.04. The van der Waals surface area contributed by atoms with Crippen LogP contribution in [0.25, 0.3) is 0 Å². The SMILES string of the molecule is COc1c(OC2CCOCC2)cccc1C1CC(C(=O)O)CN1. The van der Waals surface area contributed by atoms with Gasteiger partial charge in [-0.15, -0.1) is 0 Å². The van der Waals surface area contributed by atoms with E-state index < -0.39 is 5.97 Å². The first kappa shape index (κ1) is 16.1. The number of carbonyl (C=O) groups is 1. The molecule has 0 saturated carbocycles. The third kappa shape index (κ3) is 3.59. The Morgan fingerprint density at radius 2 is 2.13 bits per heavy atom. The maximum atomic E-state index is 11.2. The van der Waals surface area contributed by atoms with Crippen molar-refractivity contribution in [2.45, 2.75) is 31.4 Å². The van der Waals surface area contributed by atoms with Gasteiger partial charge in [-0.3, -0.25) is 4.79 Å². The molecule has 0 bridgehead atoms. The van der Waals surface area contributed by atoms with E-state index in [2.05, 4.69) is 5.32 Å². The van der Waals surface area contributed by atoms with Crippen LogP contribution in [0.5, 0.6) is 11.5 Å². The highest BCUT2D eigenvalue weighted by atomic mass is 16.5. The zero-order chi connectivity index (χ0) is 16.2. The summed E-state index contributed by atoms with van der Waals surface area (Å²) in [5.74, 6) is 0.304. The number of rotatable bonds is 5. The summed E-state index contributed by atoms with van der Waals surface area (Å²) in [5.41, 5.74) is 0.959. The van der Waals surface area contributed by atoms with Crippen molar-refractivity contribution in [3.05, 3.63) is 23.8 Å². The number of para-hydroxylation sites is 1. The Morgan fingerprint density at radius 1 is 1.35 bits per heavy atom. The van der Waals surface area contributed by atoms with E-state index in [9.17, 15) is 4.79 Å². The number of methoxy groups -OCH3 is 1. The molecule has 0 aliphatic carbocycles. The Kier molecular flexibility index (Phi) is 5.03. The standard InChI is InChI=1S/C17H23NO5/c1-21-16-13(14-9-11(10-18-14)17(19)20)3-2-4-15(16)23-12-5-7-22-8-6-12/h2-4,11-12,14,18H,5-10H2,1H3,(H,19,20). The molecule has 2 fully saturated rings. The van der Waals surface area contributed by atoms with E-state index in [1.54, 1.807) is 7.11 Å². The van der Waals surface area contributed by atoms with Crippen LogP contribution in [0.4, 0.5) is 0 Å². The zero-order valence-electron chi connectivity index (χ0n) is 13.3. The molecule has 2 heterocycles. The molecule has 2 aliphatic rings. The van der Waals surface area contributed by atoms with Crippen LogP contribution in [0, 0.1) is 5.92 Å². The number of aliphatic carboxylic acids is 1. The fourth-order valence-electron chi connectivity index (χ4n) is 3.25. The molecule has 3 rings (SSSR count). The van der Waals surface area contributed by atoms with E-state index in [-0.39, 0.29) is 18.1 Å². The van der Waals surface area contributed by atoms with Gasteiger partial charge in [0.05, 0.1) is 26.2 Å². The summed E-state index contributed by atoms with van der Waals surface area (Å²) in [6.07, 6.45) is 2.44. The monoisotopic (exact) mass is 321 g/mol. The van der Waals surface area contributed by atoms with Crippen molar-refractivity contribution >= 4 is 5.97 Å². The van der Waals surface area contributed by atoms with Crippen LogP contribution in [0.3, 0.4) is 0 Å². The molecule has 0 amide bonds. The van der Waals surface area contributed by atoms with Gasteiger partial charge in [0.1, 0.15) is 6.10 Å². The van der Waals surface area contributed by atoms with E-state index in [0.29, 0.717) is 18.7 Å². The van der Waals surface area contributed by atoms with Crippen molar-refractivity contribution in [2.24, 2.45) is 5.92 Å². The van der Waals surface area contributed by atoms with Crippen molar-refractivity contribution in [3.8, 4) is 11.5 Å². The Labute approximate surface area is 135 Å². The predicted molar refractivity (Wildman–Crippen MR) is 83.9 cm³/mol. The molecule has 2 unspecified atom stereocenters. The number of nitrogens with one attached hydrogen (secondary N) is 1. The molecule has 2 atom stereocenters. The van der Waals surface area contributed by atoms with Gasteiger partial charge in [-0.2, -0.15) is 0 Å². The highest BCUT2D eigenvalue weighted by Gasteiger charge is 2.32. The number of benzene rings is 1. The molecule has 6 heteroatoms. The fourth-order valence-corrected chi connectivity index (χ4v) is 3.25. The van der Waals surface area contributed by atoms with Gasteiger partial charge in [0.2, 0.25) is 0 Å². The predicted octanol–water partition coefficient (Wildman–Crippen LogP) is 1.99. The average Bonchev–Trinajstić information content (AvgIpc) is 3.06. The summed E-state index contributed by atoms with van der Waals surface area (Å²) in [5, 5.41) is 12.4. The topological polar surface area (TPSA) is 77.0 Å². The molecular weight excluding hydrogens is 298 g/mol. The Hall–Kier alpha value is -1.79. The van der Waals surface area contributed by atoms with E-state index in [0.717, 1.165) is 37.4 Å². The molecule has 1 aromatic carbocycles. The zero-order valence-corrected chi connectivity index (χ0v) is 13.3. The van der Waals surface area contributed by atoms with Gasteiger partial charge in [0.25, 0.3) is 0 Å². The van der Waals surface area contributed by atoms with Crippen LogP contribution < -0.4 is 14.8 Å². The van der Waals surface area contributed by atoms with Gasteiger partial charge >= 0.3 is 5.97 Å². The van der Waals surface area contributed by atoms with Crippen molar-refractivity contribution in [1.29, 1.82) is 0 Å². The second kappa shape index (κ2) is 7.19. The lowest BCUT2D eigenvalue weighted by Gasteiger charge is -2.25. The lowest BCUT2D eigenvalue weighted by molar-refractivity contribution is -0.141. The average molecular weight is 321 g/mol. The van der Waals surface area contributed by atoms with E-state index in [1.807, 2.05) is 18.2 Å². The number of carboxylic acid groups (broad SMARTS) is 1. The molecule has 2 saturated heterocycles. The first-order valence-corrected chi connectivity index (χ1v) is 8.06. The van der Waals surface area contributed by atoms with Crippen molar-refractivity contribution in [1.82, 2.24) is 5.32 Å². The fraction of sp³-hybridized carbons (Fsp3) is 0.588. The van der Waals surface area contributed by atoms with Crippen LogP contribution in [0.1, 0.15) is 30.9 Å². The van der Waals surface area contributed by atoms with Crippen LogP contribution in [0.15, 0.2) is 18.2 Å². The number of hydrogen-bond acceptors (Lipinski definition) is 5. The molecule has 0 spiro atoms. The smallest absolute Gasteiger partial charge is 0.307 e. The largest absolute Gasteiger partial charge is 0.493 e. The number of carboxylic acids is 1. The highest BCUT2D eigenvalue weighted by Crippen LogP contribution is 2.39. The van der Waals surface area contributed by atoms with E-state index in [1.165, 1.54) is 0 Å². The number of ether oxygens (including phenoxy) is 3. The minimum absolute atomic E-state index is 0.0238. The molecule has 0 aromatic heterocycles. The maximum Gasteiger partial charge on any atom is 0.307 e. The molecule has 23 heavy (non-hydrogen) atoms. The van der Waals surface area contributed by atoms with Gasteiger partial charge in [-0.25, -0.2) is 0 Å². The highest BCUT2D eigenvalue weighted by molar-refractivity contribution is 5.71.